The van der Waals surface area contributed by atoms with Gasteiger partial charge in [-0.25, -0.2) is 0 Å². The minimum Gasteiger partial charge on any atom is -0.506 e. The number of rotatable bonds is 0. The first kappa shape index (κ1) is 6.84. The third-order valence-corrected chi connectivity index (χ3v) is 1.68. The van der Waals surface area contributed by atoms with Crippen LogP contribution in [0.3, 0.4) is 0 Å². The lowest BCUT2D eigenvalue weighted by atomic mass is 10.2. The quantitative estimate of drug-likeness (QED) is 0.602. The molecule has 1 aromatic carbocycles. The zero-order chi connectivity index (χ0) is 8.55. The molecule has 2 aromatic rings. The molecule has 0 saturated heterocycles. The molecule has 0 radical (unpaired) electrons. The number of nitrogen functional groups attached to an aromatic ring is 1. The molecular weight excluding hydrogens is 154 g/mol. The maximum absolute atomic E-state index is 9.34. The number of fused-ring (bicyclic) bond motifs is 1. The highest BCUT2D eigenvalue weighted by Gasteiger charge is 2.02. The molecule has 0 unspecified atom stereocenters. The van der Waals surface area contributed by atoms with Crippen molar-refractivity contribution in [1.82, 2.24) is 10.2 Å². The van der Waals surface area contributed by atoms with E-state index in [2.05, 4.69) is 10.2 Å². The van der Waals surface area contributed by atoms with Crippen LogP contribution in [0.4, 0.5) is 5.69 Å². The third kappa shape index (κ3) is 0.852. The van der Waals surface area contributed by atoms with Gasteiger partial charge in [0.25, 0.3) is 0 Å². The molecule has 3 N–H and O–H groups in total. The van der Waals surface area contributed by atoms with Gasteiger partial charge in [0.2, 0.25) is 0 Å². The van der Waals surface area contributed by atoms with Crippen molar-refractivity contribution >= 4 is 16.6 Å². The molecule has 0 saturated carbocycles. The van der Waals surface area contributed by atoms with Crippen LogP contribution in [0.5, 0.6) is 5.75 Å². The van der Waals surface area contributed by atoms with Crippen molar-refractivity contribution in [2.45, 2.75) is 0 Å². The van der Waals surface area contributed by atoms with Crippen molar-refractivity contribution in [2.75, 3.05) is 5.73 Å². The summed E-state index contributed by atoms with van der Waals surface area (Å²) in [6, 6.07) is 5.06. The van der Waals surface area contributed by atoms with Gasteiger partial charge in [0.05, 0.1) is 11.9 Å². The second-order valence-corrected chi connectivity index (χ2v) is 2.47. The zero-order valence-corrected chi connectivity index (χ0v) is 6.23. The van der Waals surface area contributed by atoms with Crippen LogP contribution in [0.25, 0.3) is 10.9 Å². The first-order valence-corrected chi connectivity index (χ1v) is 3.48. The van der Waals surface area contributed by atoms with E-state index in [0.29, 0.717) is 11.2 Å². The molecule has 60 valence electrons. The Bertz CT molecular complexity index is 386. The summed E-state index contributed by atoms with van der Waals surface area (Å²) in [6.07, 6.45) is 1.46. The van der Waals surface area contributed by atoms with E-state index < -0.39 is 0 Å². The van der Waals surface area contributed by atoms with Crippen molar-refractivity contribution in [3.05, 3.63) is 24.4 Å². The molecule has 0 spiro atoms. The Morgan fingerprint density at radius 2 is 2.17 bits per heavy atom. The van der Waals surface area contributed by atoms with Gasteiger partial charge < -0.3 is 10.8 Å². The summed E-state index contributed by atoms with van der Waals surface area (Å²) in [5.74, 6) is 0.104. The van der Waals surface area contributed by atoms with Crippen molar-refractivity contribution in [3.8, 4) is 5.75 Å². The molecule has 1 aromatic heterocycles. The van der Waals surface area contributed by atoms with Crippen molar-refractivity contribution < 1.29 is 5.11 Å². The smallest absolute Gasteiger partial charge is 0.143 e. The van der Waals surface area contributed by atoms with Gasteiger partial charge >= 0.3 is 0 Å². The third-order valence-electron chi connectivity index (χ3n) is 1.68. The van der Waals surface area contributed by atoms with Crippen molar-refractivity contribution in [2.24, 2.45) is 0 Å². The van der Waals surface area contributed by atoms with Crippen LogP contribution in [-0.2, 0) is 0 Å². The van der Waals surface area contributed by atoms with Crippen LogP contribution in [0.2, 0.25) is 0 Å². The monoisotopic (exact) mass is 161 g/mol. The molecule has 2 rings (SSSR count). The number of aromatic nitrogens is 2. The number of anilines is 1. The van der Waals surface area contributed by atoms with E-state index in [1.54, 1.807) is 18.2 Å². The summed E-state index contributed by atoms with van der Waals surface area (Å²) in [6.45, 7) is 0. The molecule has 1 heterocycles. The van der Waals surface area contributed by atoms with Gasteiger partial charge in [-0.2, -0.15) is 5.10 Å². The number of hydrogen-bond acceptors (Lipinski definition) is 4. The Balaban J connectivity index is 2.94. The second kappa shape index (κ2) is 2.34. The average Bonchev–Trinajstić information content (AvgIpc) is 2.07. The highest BCUT2D eigenvalue weighted by Crippen LogP contribution is 2.24. The Morgan fingerprint density at radius 1 is 1.33 bits per heavy atom. The normalized spacial score (nSPS) is 10.3. The Morgan fingerprint density at radius 3 is 2.92 bits per heavy atom. The number of benzene rings is 1. The van der Waals surface area contributed by atoms with Gasteiger partial charge in [0.1, 0.15) is 11.3 Å². The minimum absolute atomic E-state index is 0.104. The highest BCUT2D eigenvalue weighted by atomic mass is 16.3. The fourth-order valence-electron chi connectivity index (χ4n) is 1.09. The fraction of sp³-hybridized carbons (Fsp3) is 0. The summed E-state index contributed by atoms with van der Waals surface area (Å²) >= 11 is 0. The second-order valence-electron chi connectivity index (χ2n) is 2.47. The van der Waals surface area contributed by atoms with Crippen LogP contribution in [0.1, 0.15) is 0 Å². The fourth-order valence-corrected chi connectivity index (χ4v) is 1.09. The minimum atomic E-state index is 0.104. The molecule has 0 bridgehead atoms. The van der Waals surface area contributed by atoms with Crippen LogP contribution in [0, 0.1) is 0 Å². The highest BCUT2D eigenvalue weighted by molar-refractivity contribution is 5.92. The van der Waals surface area contributed by atoms with Crippen molar-refractivity contribution in [1.29, 1.82) is 0 Å². The van der Waals surface area contributed by atoms with Gasteiger partial charge in [-0.3, -0.25) is 0 Å². The van der Waals surface area contributed by atoms with Crippen LogP contribution in [0.15, 0.2) is 24.4 Å². The summed E-state index contributed by atoms with van der Waals surface area (Å²) in [5.41, 5.74) is 6.58. The molecule has 0 aliphatic carbocycles. The van der Waals surface area contributed by atoms with Crippen molar-refractivity contribution in [3.63, 3.8) is 0 Å². The number of phenolic OH excluding ortho intramolecular Hbond substituents is 1. The van der Waals surface area contributed by atoms with Gasteiger partial charge in [0.15, 0.2) is 0 Å². The molecular formula is C8H7N3O. The lowest BCUT2D eigenvalue weighted by molar-refractivity contribution is 0.480. The molecule has 4 nitrogen and oxygen atoms in total. The summed E-state index contributed by atoms with van der Waals surface area (Å²) in [5, 5.41) is 17.5. The van der Waals surface area contributed by atoms with E-state index in [9.17, 15) is 5.11 Å². The first-order chi connectivity index (χ1) is 5.79. The molecule has 0 aliphatic rings. The summed E-state index contributed by atoms with van der Waals surface area (Å²) in [4.78, 5) is 0. The summed E-state index contributed by atoms with van der Waals surface area (Å²) in [7, 11) is 0. The van der Waals surface area contributed by atoms with Gasteiger partial charge in [0, 0.05) is 5.39 Å². The lowest BCUT2D eigenvalue weighted by Gasteiger charge is -1.99. The van der Waals surface area contributed by atoms with E-state index in [0.717, 1.165) is 5.39 Å². The number of hydrogen-bond donors (Lipinski definition) is 2. The van der Waals surface area contributed by atoms with Crippen LogP contribution < -0.4 is 5.73 Å². The maximum atomic E-state index is 9.34. The topological polar surface area (TPSA) is 72.0 Å². The average molecular weight is 161 g/mol. The number of nitrogens with zero attached hydrogens (tertiary/aromatic N) is 2. The van der Waals surface area contributed by atoms with Crippen LogP contribution >= 0.6 is 0 Å². The standard InChI is InChI=1S/C8H7N3O/c9-6-4-10-11-8-5(6)2-1-3-7(8)12/h1-4,12H,(H2,9,11). The SMILES string of the molecule is Nc1cnnc2c(O)cccc12. The molecule has 12 heavy (non-hydrogen) atoms. The Kier molecular flexibility index (Phi) is 1.33. The van der Waals surface area contributed by atoms with Gasteiger partial charge in [-0.05, 0) is 6.07 Å². The summed E-state index contributed by atoms with van der Waals surface area (Å²) < 4.78 is 0. The largest absolute Gasteiger partial charge is 0.506 e. The molecule has 0 aliphatic heterocycles. The number of phenols is 1. The van der Waals surface area contributed by atoms with Gasteiger partial charge in [-0.1, -0.05) is 12.1 Å². The number of nitrogens with two attached hydrogens (primary N) is 1. The zero-order valence-electron chi connectivity index (χ0n) is 6.23. The molecule has 0 atom stereocenters. The maximum Gasteiger partial charge on any atom is 0.143 e. The predicted octanol–water partition coefficient (Wildman–Crippen LogP) is 0.918. The predicted molar refractivity (Wildman–Crippen MR) is 45.6 cm³/mol. The number of aromatic hydroxyl groups is 1. The Hall–Kier alpha value is -1.84. The van der Waals surface area contributed by atoms with E-state index in [-0.39, 0.29) is 5.75 Å². The Labute approximate surface area is 68.7 Å². The lowest BCUT2D eigenvalue weighted by Crippen LogP contribution is -1.91. The van der Waals surface area contributed by atoms with E-state index in [4.69, 9.17) is 5.73 Å². The molecule has 0 fully saturated rings. The molecule has 0 amide bonds. The molecule has 4 heteroatoms. The van der Waals surface area contributed by atoms with Crippen LogP contribution in [-0.4, -0.2) is 15.3 Å². The first-order valence-electron chi connectivity index (χ1n) is 3.48. The van der Waals surface area contributed by atoms with E-state index >= 15 is 0 Å². The van der Waals surface area contributed by atoms with E-state index in [1.165, 1.54) is 6.20 Å². The van der Waals surface area contributed by atoms with E-state index in [1.807, 2.05) is 0 Å². The van der Waals surface area contributed by atoms with Gasteiger partial charge in [-0.15, -0.1) is 5.10 Å².